The predicted molar refractivity (Wildman–Crippen MR) is 162 cm³/mol. The van der Waals surface area contributed by atoms with Crippen LogP contribution in [0.15, 0.2) is 103 Å². The van der Waals surface area contributed by atoms with Crippen LogP contribution in [0.25, 0.3) is 21.7 Å². The first-order valence-electron chi connectivity index (χ1n) is 13.8. The first-order chi connectivity index (χ1) is 20.2. The average molecular weight is 562 g/mol. The summed E-state index contributed by atoms with van der Waals surface area (Å²) < 4.78 is 12.1. The van der Waals surface area contributed by atoms with Gasteiger partial charge in [0.1, 0.15) is 17.4 Å². The van der Waals surface area contributed by atoms with Gasteiger partial charge in [0.15, 0.2) is 0 Å². The molecule has 5 aromatic rings. The van der Waals surface area contributed by atoms with Gasteiger partial charge in [-0.15, -0.1) is 11.3 Å². The largest absolute Gasteiger partial charge is 0.491 e. The van der Waals surface area contributed by atoms with E-state index in [0.717, 1.165) is 44.3 Å². The second-order valence-corrected chi connectivity index (χ2v) is 10.9. The van der Waals surface area contributed by atoms with E-state index in [0.29, 0.717) is 39.3 Å². The molecule has 0 saturated carbocycles. The van der Waals surface area contributed by atoms with Gasteiger partial charge in [-0.05, 0) is 40.5 Å². The Morgan fingerprint density at radius 3 is 2.61 bits per heavy atom. The van der Waals surface area contributed by atoms with E-state index in [4.69, 9.17) is 14.5 Å². The number of carbonyl (C=O) groups excluding carboxylic acids is 1. The Hall–Kier alpha value is -4.33. The summed E-state index contributed by atoms with van der Waals surface area (Å²) >= 11 is 1.57. The molecule has 1 aliphatic rings. The average Bonchev–Trinajstić information content (AvgIpc) is 3.48. The zero-order chi connectivity index (χ0) is 27.9. The van der Waals surface area contributed by atoms with Crippen molar-refractivity contribution >= 4 is 17.2 Å². The maximum absolute atomic E-state index is 13.5. The van der Waals surface area contributed by atoms with Gasteiger partial charge in [0.2, 0.25) is 5.91 Å². The SMILES string of the molecule is O=C(Cc1csc(-c2ccccc2)n1)N1CCOCCOc2ccc(-c3cccnc3)cc2Cc2cccc(c2)C1. The fourth-order valence-electron chi connectivity index (χ4n) is 5.00. The summed E-state index contributed by atoms with van der Waals surface area (Å²) in [7, 11) is 0. The summed E-state index contributed by atoms with van der Waals surface area (Å²) in [4.78, 5) is 24.4. The normalized spacial score (nSPS) is 14.0. The highest BCUT2D eigenvalue weighted by molar-refractivity contribution is 7.13. The minimum atomic E-state index is 0.0405. The minimum absolute atomic E-state index is 0.0405. The zero-order valence-electron chi connectivity index (χ0n) is 22.7. The van der Waals surface area contributed by atoms with Gasteiger partial charge in [-0.1, -0.05) is 66.7 Å². The van der Waals surface area contributed by atoms with Gasteiger partial charge in [-0.25, -0.2) is 4.98 Å². The van der Waals surface area contributed by atoms with Crippen LogP contribution in [0.1, 0.15) is 22.4 Å². The molecule has 6 nitrogen and oxygen atoms in total. The fourth-order valence-corrected chi connectivity index (χ4v) is 5.82. The molecule has 1 aliphatic heterocycles. The molecule has 0 aliphatic carbocycles. The van der Waals surface area contributed by atoms with Crippen LogP contribution >= 0.6 is 11.3 Å². The molecule has 0 spiro atoms. The van der Waals surface area contributed by atoms with Crippen LogP contribution in [0.4, 0.5) is 0 Å². The number of ether oxygens (including phenoxy) is 2. The minimum Gasteiger partial charge on any atom is -0.491 e. The Labute approximate surface area is 244 Å². The van der Waals surface area contributed by atoms with Crippen LogP contribution in [0.5, 0.6) is 5.75 Å². The molecular formula is C34H31N3O3S. The van der Waals surface area contributed by atoms with E-state index in [9.17, 15) is 4.79 Å². The number of hydrogen-bond donors (Lipinski definition) is 0. The van der Waals surface area contributed by atoms with E-state index in [-0.39, 0.29) is 12.3 Å². The molecular weight excluding hydrogens is 530 g/mol. The van der Waals surface area contributed by atoms with Crippen molar-refractivity contribution in [1.29, 1.82) is 0 Å². The van der Waals surface area contributed by atoms with Crippen LogP contribution in [-0.4, -0.2) is 47.1 Å². The van der Waals surface area contributed by atoms with Crippen LogP contribution < -0.4 is 4.74 Å². The molecule has 6 rings (SSSR count). The smallest absolute Gasteiger partial charge is 0.228 e. The quantitative estimate of drug-likeness (QED) is 0.253. The number of benzene rings is 3. The highest BCUT2D eigenvalue weighted by Crippen LogP contribution is 2.29. The second-order valence-electron chi connectivity index (χ2n) is 10.0. The highest BCUT2D eigenvalue weighted by Gasteiger charge is 2.18. The second kappa shape index (κ2) is 12.9. The summed E-state index contributed by atoms with van der Waals surface area (Å²) in [6.07, 6.45) is 4.63. The van der Waals surface area contributed by atoms with E-state index < -0.39 is 0 Å². The number of fused-ring (bicyclic) bond motifs is 3. The summed E-state index contributed by atoms with van der Waals surface area (Å²) in [6.45, 7) is 2.35. The highest BCUT2D eigenvalue weighted by atomic mass is 32.1. The molecule has 2 aromatic heterocycles. The van der Waals surface area contributed by atoms with Crippen molar-refractivity contribution in [2.75, 3.05) is 26.4 Å². The predicted octanol–water partition coefficient (Wildman–Crippen LogP) is 6.44. The van der Waals surface area contributed by atoms with E-state index >= 15 is 0 Å². The van der Waals surface area contributed by atoms with E-state index in [1.54, 1.807) is 17.5 Å². The molecule has 3 heterocycles. The van der Waals surface area contributed by atoms with Crippen molar-refractivity contribution in [2.24, 2.45) is 0 Å². The fraction of sp³-hybridized carbons (Fsp3) is 0.206. The Morgan fingerprint density at radius 2 is 1.73 bits per heavy atom. The van der Waals surface area contributed by atoms with Crippen LogP contribution in [-0.2, 0) is 28.9 Å². The number of nitrogens with zero attached hydrogens (tertiary/aromatic N) is 3. The molecule has 206 valence electrons. The lowest BCUT2D eigenvalue weighted by atomic mass is 9.98. The number of thiazole rings is 1. The maximum atomic E-state index is 13.5. The molecule has 0 fully saturated rings. The summed E-state index contributed by atoms with van der Waals surface area (Å²) in [6, 6.07) is 28.8. The first-order valence-corrected chi connectivity index (χ1v) is 14.7. The number of pyridine rings is 1. The first kappa shape index (κ1) is 26.9. The lowest BCUT2D eigenvalue weighted by Crippen LogP contribution is -2.35. The van der Waals surface area contributed by atoms with Crippen molar-refractivity contribution in [1.82, 2.24) is 14.9 Å². The summed E-state index contributed by atoms with van der Waals surface area (Å²) in [5, 5.41) is 2.91. The van der Waals surface area contributed by atoms with E-state index in [2.05, 4.69) is 47.4 Å². The number of amides is 1. The third kappa shape index (κ3) is 6.88. The molecule has 0 N–H and O–H groups in total. The summed E-state index contributed by atoms with van der Waals surface area (Å²) in [5.74, 6) is 0.900. The summed E-state index contributed by atoms with van der Waals surface area (Å²) in [5.41, 5.74) is 7.38. The molecule has 41 heavy (non-hydrogen) atoms. The van der Waals surface area contributed by atoms with Crippen LogP contribution in [0.2, 0.25) is 0 Å². The number of hydrogen-bond acceptors (Lipinski definition) is 6. The zero-order valence-corrected chi connectivity index (χ0v) is 23.6. The van der Waals surface area contributed by atoms with Crippen LogP contribution in [0, 0.1) is 0 Å². The van der Waals surface area contributed by atoms with Crippen LogP contribution in [0.3, 0.4) is 0 Å². The van der Waals surface area contributed by atoms with Crippen molar-refractivity contribution < 1.29 is 14.3 Å². The van der Waals surface area contributed by atoms with Gasteiger partial charge in [-0.3, -0.25) is 9.78 Å². The number of aromatic nitrogens is 2. The van der Waals surface area contributed by atoms with Crippen molar-refractivity contribution in [3.63, 3.8) is 0 Å². The van der Waals surface area contributed by atoms with Crippen molar-refractivity contribution in [3.8, 4) is 27.4 Å². The Bertz CT molecular complexity index is 1600. The molecule has 0 atom stereocenters. The molecule has 1 amide bonds. The van der Waals surface area contributed by atoms with Crippen molar-refractivity contribution in [2.45, 2.75) is 19.4 Å². The Balaban J connectivity index is 1.22. The number of carbonyl (C=O) groups is 1. The van der Waals surface area contributed by atoms with E-state index in [1.165, 1.54) is 5.56 Å². The standard InChI is InChI=1S/C34H31N3O3S/c38-33(21-31-24-41-34(36-31)27-8-2-1-3-9-27)37-14-15-39-16-17-40-32-12-11-28(29-10-5-13-35-22-29)20-30(32)19-25-6-4-7-26(18-25)23-37/h1-13,18,20,22,24H,14-17,19,21,23H2. The number of rotatable bonds is 4. The Kier molecular flexibility index (Phi) is 8.45. The van der Waals surface area contributed by atoms with E-state index in [1.807, 2.05) is 58.9 Å². The monoisotopic (exact) mass is 561 g/mol. The van der Waals surface area contributed by atoms with Gasteiger partial charge in [0, 0.05) is 48.4 Å². The molecule has 0 radical (unpaired) electrons. The Morgan fingerprint density at radius 1 is 0.854 bits per heavy atom. The topological polar surface area (TPSA) is 64.6 Å². The molecule has 7 heteroatoms. The van der Waals surface area contributed by atoms with Gasteiger partial charge >= 0.3 is 0 Å². The van der Waals surface area contributed by atoms with Gasteiger partial charge < -0.3 is 14.4 Å². The van der Waals surface area contributed by atoms with Crippen molar-refractivity contribution in [3.05, 3.63) is 125 Å². The van der Waals surface area contributed by atoms with Gasteiger partial charge in [0.25, 0.3) is 0 Å². The molecule has 0 unspecified atom stereocenters. The third-order valence-corrected chi connectivity index (χ3v) is 8.00. The molecule has 3 aromatic carbocycles. The lowest BCUT2D eigenvalue weighted by Gasteiger charge is -2.23. The van der Waals surface area contributed by atoms with Gasteiger partial charge in [-0.2, -0.15) is 0 Å². The third-order valence-electron chi connectivity index (χ3n) is 7.06. The lowest BCUT2D eigenvalue weighted by molar-refractivity contribution is -0.132. The molecule has 0 saturated heterocycles. The molecule has 2 bridgehead atoms. The van der Waals surface area contributed by atoms with Gasteiger partial charge in [0.05, 0.1) is 25.3 Å². The maximum Gasteiger partial charge on any atom is 0.228 e.